The maximum atomic E-state index is 3.97. The van der Waals surface area contributed by atoms with Gasteiger partial charge in [0.25, 0.3) is 6.85 Å². The molecule has 1 N–H and O–H groups in total. The number of rotatable bonds is 5. The molecule has 17 heavy (non-hydrogen) atoms. The normalized spacial score (nSPS) is 14.2. The molecule has 96 valence electrons. The Labute approximate surface area is 107 Å². The lowest BCUT2D eigenvalue weighted by atomic mass is 9.54. The van der Waals surface area contributed by atoms with Crippen LogP contribution in [0.2, 0.25) is 6.82 Å². The average Bonchev–Trinajstić information content (AvgIpc) is 2.16. The third-order valence-electron chi connectivity index (χ3n) is 3.60. The Bertz CT molecular complexity index is 309. The maximum absolute atomic E-state index is 3.97. The van der Waals surface area contributed by atoms with E-state index in [0.29, 0.717) is 0 Å². The molecule has 0 saturated carbocycles. The van der Waals surface area contributed by atoms with Gasteiger partial charge in [0, 0.05) is 18.8 Å². The lowest BCUT2D eigenvalue weighted by Gasteiger charge is -2.41. The van der Waals surface area contributed by atoms with Crippen LogP contribution in [0.15, 0.2) is 29.2 Å². The van der Waals surface area contributed by atoms with E-state index in [2.05, 4.69) is 58.2 Å². The molecule has 0 aliphatic carbocycles. The first-order chi connectivity index (χ1) is 7.65. The fourth-order valence-corrected chi connectivity index (χ4v) is 1.39. The zero-order valence-corrected chi connectivity index (χ0v) is 12.5. The highest BCUT2D eigenvalue weighted by Crippen LogP contribution is 2.29. The Morgan fingerprint density at radius 3 is 2.12 bits per heavy atom. The summed E-state index contributed by atoms with van der Waals surface area (Å²) >= 11 is 0. The van der Waals surface area contributed by atoms with Gasteiger partial charge < -0.3 is 5.23 Å². The van der Waals surface area contributed by atoms with Crippen LogP contribution in [0, 0.1) is 5.41 Å². The van der Waals surface area contributed by atoms with Gasteiger partial charge in [-0.2, -0.15) is 0 Å². The first kappa shape index (κ1) is 16.2. The van der Waals surface area contributed by atoms with Gasteiger partial charge in [-0.05, 0) is 25.3 Å². The van der Waals surface area contributed by atoms with Crippen LogP contribution in [0.5, 0.6) is 0 Å². The van der Waals surface area contributed by atoms with Gasteiger partial charge in [0.05, 0.1) is 0 Å². The van der Waals surface area contributed by atoms with Crippen molar-refractivity contribution in [2.75, 3.05) is 7.05 Å². The summed E-state index contributed by atoms with van der Waals surface area (Å²) in [5, 5.41) is 3.65. The molecular weight excluding hydrogens is 207 g/mol. The third kappa shape index (κ3) is 4.90. The Morgan fingerprint density at radius 1 is 1.24 bits per heavy atom. The Hall–Kier alpha value is -0.825. The molecule has 0 fully saturated rings. The Kier molecular flexibility index (Phi) is 5.90. The van der Waals surface area contributed by atoms with Gasteiger partial charge in [-0.15, -0.1) is 0 Å². The molecule has 0 bridgehead atoms. The fraction of sp³-hybridized carbons (Fsp3) is 0.643. The molecule has 0 aliphatic heterocycles. The molecular formula is C14H27BN2. The lowest BCUT2D eigenvalue weighted by molar-refractivity contribution is 0.207. The summed E-state index contributed by atoms with van der Waals surface area (Å²) in [6.45, 7) is 17.5. The summed E-state index contributed by atoms with van der Waals surface area (Å²) in [6, 6.07) is 0. The zero-order valence-electron chi connectivity index (χ0n) is 12.5. The van der Waals surface area contributed by atoms with Crippen LogP contribution in [-0.4, -0.2) is 25.6 Å². The van der Waals surface area contributed by atoms with Crippen LogP contribution >= 0.6 is 0 Å². The smallest absolute Gasteiger partial charge is 0.252 e. The van der Waals surface area contributed by atoms with Crippen molar-refractivity contribution in [2.24, 2.45) is 10.4 Å². The van der Waals surface area contributed by atoms with Crippen molar-refractivity contribution < 1.29 is 0 Å². The Balaban J connectivity index is 4.85. The van der Waals surface area contributed by atoms with Gasteiger partial charge in [0.2, 0.25) is 0 Å². The molecule has 0 saturated heterocycles. The van der Waals surface area contributed by atoms with Crippen LogP contribution in [0.25, 0.3) is 0 Å². The molecule has 2 nitrogen and oxygen atoms in total. The minimum atomic E-state index is 0.0534. The molecule has 0 spiro atoms. The van der Waals surface area contributed by atoms with E-state index in [9.17, 15) is 0 Å². The molecule has 0 aliphatic rings. The van der Waals surface area contributed by atoms with Gasteiger partial charge >= 0.3 is 0 Å². The van der Waals surface area contributed by atoms with E-state index in [4.69, 9.17) is 0 Å². The summed E-state index contributed by atoms with van der Waals surface area (Å²) in [4.78, 5) is 3.97. The van der Waals surface area contributed by atoms with Crippen LogP contribution in [0.3, 0.4) is 0 Å². The number of nitrogens with zero attached hydrogens (tertiary/aromatic N) is 1. The summed E-state index contributed by atoms with van der Waals surface area (Å²) < 4.78 is 0. The van der Waals surface area contributed by atoms with Crippen molar-refractivity contribution in [1.82, 2.24) is 5.23 Å². The summed E-state index contributed by atoms with van der Waals surface area (Å²) in [5.74, 6) is 0. The van der Waals surface area contributed by atoms with Crippen LogP contribution in [0.4, 0.5) is 0 Å². The Morgan fingerprint density at radius 2 is 1.76 bits per heavy atom. The van der Waals surface area contributed by atoms with Crippen molar-refractivity contribution in [3.8, 4) is 0 Å². The third-order valence-corrected chi connectivity index (χ3v) is 3.60. The maximum Gasteiger partial charge on any atom is 0.252 e. The second-order valence-corrected chi connectivity index (χ2v) is 6.02. The number of allylic oxidation sites excluding steroid dienone is 3. The number of hydrogen-bond donors (Lipinski definition) is 1. The van der Waals surface area contributed by atoms with E-state index in [1.165, 1.54) is 0 Å². The van der Waals surface area contributed by atoms with E-state index in [0.717, 1.165) is 5.47 Å². The predicted molar refractivity (Wildman–Crippen MR) is 81.0 cm³/mol. The van der Waals surface area contributed by atoms with Crippen molar-refractivity contribution in [3.05, 3.63) is 24.2 Å². The minimum Gasteiger partial charge on any atom is -0.347 e. The van der Waals surface area contributed by atoms with Gasteiger partial charge in [-0.25, -0.2) is 0 Å². The molecule has 0 radical (unpaired) electrons. The fourth-order valence-electron chi connectivity index (χ4n) is 1.39. The second-order valence-electron chi connectivity index (χ2n) is 6.02. The first-order valence-corrected chi connectivity index (χ1v) is 6.18. The van der Waals surface area contributed by atoms with E-state index >= 15 is 0 Å². The molecule has 0 atom stereocenters. The van der Waals surface area contributed by atoms with Gasteiger partial charge in [-0.1, -0.05) is 45.7 Å². The van der Waals surface area contributed by atoms with E-state index < -0.39 is 0 Å². The SMILES string of the molecule is C=C/C(=C\C=NC)B(C)NC(C)(C)C(C)(C)C. The summed E-state index contributed by atoms with van der Waals surface area (Å²) in [5.41, 5.74) is 1.41. The predicted octanol–water partition coefficient (Wildman–Crippen LogP) is 3.37. The molecule has 0 aromatic carbocycles. The molecule has 0 heterocycles. The van der Waals surface area contributed by atoms with Gasteiger partial charge in [-0.3, -0.25) is 4.99 Å². The molecule has 0 amide bonds. The monoisotopic (exact) mass is 234 g/mol. The molecule has 0 aromatic heterocycles. The molecule has 3 heteroatoms. The number of hydrogen-bond acceptors (Lipinski definition) is 2. The molecule has 0 rings (SSSR count). The average molecular weight is 234 g/mol. The highest BCUT2D eigenvalue weighted by molar-refractivity contribution is 6.64. The van der Waals surface area contributed by atoms with Crippen LogP contribution < -0.4 is 5.23 Å². The number of nitrogens with one attached hydrogen (secondary N) is 1. The van der Waals surface area contributed by atoms with Crippen molar-refractivity contribution in [2.45, 2.75) is 47.0 Å². The topological polar surface area (TPSA) is 24.4 Å². The van der Waals surface area contributed by atoms with Crippen LogP contribution in [0.1, 0.15) is 34.6 Å². The zero-order chi connectivity index (χ0) is 13.7. The quantitative estimate of drug-likeness (QED) is 0.440. The van der Waals surface area contributed by atoms with E-state index in [-0.39, 0.29) is 17.8 Å². The van der Waals surface area contributed by atoms with E-state index in [1.807, 2.05) is 12.2 Å². The largest absolute Gasteiger partial charge is 0.347 e. The highest BCUT2D eigenvalue weighted by atomic mass is 14.9. The van der Waals surface area contributed by atoms with Gasteiger partial charge in [0.1, 0.15) is 0 Å². The van der Waals surface area contributed by atoms with Crippen molar-refractivity contribution >= 4 is 13.1 Å². The lowest BCUT2D eigenvalue weighted by Crippen LogP contribution is -2.55. The second kappa shape index (κ2) is 6.20. The summed E-state index contributed by atoms with van der Waals surface area (Å²) in [6.07, 6.45) is 5.70. The first-order valence-electron chi connectivity index (χ1n) is 6.18. The summed E-state index contributed by atoms with van der Waals surface area (Å²) in [7, 11) is 1.77. The molecule has 0 aromatic rings. The van der Waals surface area contributed by atoms with E-state index in [1.54, 1.807) is 13.3 Å². The minimum absolute atomic E-state index is 0.0534. The highest BCUT2D eigenvalue weighted by Gasteiger charge is 2.34. The number of aliphatic imine (C=N–C) groups is 1. The van der Waals surface area contributed by atoms with Crippen LogP contribution in [-0.2, 0) is 0 Å². The van der Waals surface area contributed by atoms with Gasteiger partial charge in [0.15, 0.2) is 0 Å². The van der Waals surface area contributed by atoms with Crippen molar-refractivity contribution in [3.63, 3.8) is 0 Å². The standard InChI is InChI=1S/C14H27BN2/c1-9-12(10-11-16-8)15(7)17-14(5,6)13(2,3)4/h9-11,17H,1H2,2-8H3/b12-10+,16-11?. The molecule has 0 unspecified atom stereocenters. The van der Waals surface area contributed by atoms with Crippen molar-refractivity contribution in [1.29, 1.82) is 0 Å².